The molecule has 0 fully saturated rings. The molecular weight excluding hydrogens is 226 g/mol. The van der Waals surface area contributed by atoms with Crippen LogP contribution in [-0.4, -0.2) is 17.2 Å². The van der Waals surface area contributed by atoms with E-state index in [1.54, 1.807) is 13.3 Å². The van der Waals surface area contributed by atoms with Gasteiger partial charge in [0.25, 0.3) is 0 Å². The maximum atomic E-state index is 10.4. The number of pyridine rings is 1. The first-order valence-electron chi connectivity index (χ1n) is 6.01. The first-order chi connectivity index (χ1) is 8.76. The van der Waals surface area contributed by atoms with Crippen LogP contribution in [-0.2, 0) is 6.42 Å². The molecule has 0 aliphatic carbocycles. The molecule has 0 radical (unpaired) electrons. The number of aromatic nitrogens is 1. The van der Waals surface area contributed by atoms with Gasteiger partial charge in [0, 0.05) is 12.4 Å². The fraction of sp³-hybridized carbons (Fsp3) is 0.267. The van der Waals surface area contributed by atoms with Gasteiger partial charge in [0.05, 0.1) is 7.11 Å². The van der Waals surface area contributed by atoms with Gasteiger partial charge in [0.15, 0.2) is 0 Å². The van der Waals surface area contributed by atoms with E-state index in [1.807, 2.05) is 36.5 Å². The lowest BCUT2D eigenvalue weighted by Gasteiger charge is -2.15. The van der Waals surface area contributed by atoms with Gasteiger partial charge in [-0.3, -0.25) is 4.98 Å². The van der Waals surface area contributed by atoms with E-state index in [1.165, 1.54) is 0 Å². The molecule has 0 saturated carbocycles. The Kier molecular flexibility index (Phi) is 3.95. The number of ether oxygens (including phenoxy) is 1. The van der Waals surface area contributed by atoms with Crippen LogP contribution in [0, 0.1) is 0 Å². The van der Waals surface area contributed by atoms with Gasteiger partial charge >= 0.3 is 0 Å². The molecule has 1 aromatic heterocycles. The average molecular weight is 243 g/mol. The summed E-state index contributed by atoms with van der Waals surface area (Å²) >= 11 is 0. The molecule has 0 bridgehead atoms. The highest BCUT2D eigenvalue weighted by Gasteiger charge is 2.13. The largest absolute Gasteiger partial charge is 0.497 e. The molecular formula is C15H17NO2. The molecule has 1 aromatic carbocycles. The summed E-state index contributed by atoms with van der Waals surface area (Å²) < 4.78 is 5.11. The number of aliphatic hydroxyl groups excluding tert-OH is 1. The smallest absolute Gasteiger partial charge is 0.118 e. The molecule has 2 rings (SSSR count). The zero-order valence-electron chi connectivity index (χ0n) is 10.6. The molecule has 94 valence electrons. The summed E-state index contributed by atoms with van der Waals surface area (Å²) in [6.45, 7) is 2.06. The topological polar surface area (TPSA) is 42.4 Å². The summed E-state index contributed by atoms with van der Waals surface area (Å²) in [4.78, 5) is 4.09. The summed E-state index contributed by atoms with van der Waals surface area (Å²) in [5.74, 6) is 0.788. The molecule has 2 aromatic rings. The van der Waals surface area contributed by atoms with Crippen molar-refractivity contribution in [2.75, 3.05) is 7.11 Å². The van der Waals surface area contributed by atoms with Gasteiger partial charge in [-0.25, -0.2) is 0 Å². The minimum absolute atomic E-state index is 0.617. The average Bonchev–Trinajstić information content (AvgIpc) is 2.46. The van der Waals surface area contributed by atoms with Crippen molar-refractivity contribution in [1.29, 1.82) is 0 Å². The Labute approximate surface area is 107 Å². The number of hydrogen-bond donors (Lipinski definition) is 1. The van der Waals surface area contributed by atoms with E-state index >= 15 is 0 Å². The predicted molar refractivity (Wildman–Crippen MR) is 70.7 cm³/mol. The maximum Gasteiger partial charge on any atom is 0.118 e. The second-order valence-electron chi connectivity index (χ2n) is 4.10. The van der Waals surface area contributed by atoms with E-state index in [2.05, 4.69) is 11.9 Å². The van der Waals surface area contributed by atoms with Gasteiger partial charge in [-0.2, -0.15) is 0 Å². The van der Waals surface area contributed by atoms with E-state index in [0.717, 1.165) is 28.9 Å². The Balaban J connectivity index is 2.31. The molecule has 1 heterocycles. The third kappa shape index (κ3) is 2.51. The molecule has 0 aliphatic heterocycles. The highest BCUT2D eigenvalue weighted by molar-refractivity contribution is 5.36. The molecule has 1 N–H and O–H groups in total. The molecule has 0 spiro atoms. The Morgan fingerprint density at radius 2 is 1.94 bits per heavy atom. The Morgan fingerprint density at radius 1 is 1.22 bits per heavy atom. The zero-order valence-corrected chi connectivity index (χ0v) is 10.6. The third-order valence-electron chi connectivity index (χ3n) is 3.05. The molecule has 0 amide bonds. The van der Waals surface area contributed by atoms with Crippen molar-refractivity contribution >= 4 is 0 Å². The van der Waals surface area contributed by atoms with E-state index in [4.69, 9.17) is 4.74 Å². The zero-order chi connectivity index (χ0) is 13.0. The van der Waals surface area contributed by atoms with Crippen molar-refractivity contribution in [3.63, 3.8) is 0 Å². The van der Waals surface area contributed by atoms with Crippen LogP contribution in [0.1, 0.15) is 29.7 Å². The summed E-state index contributed by atoms with van der Waals surface area (Å²) in [6.07, 6.45) is 3.76. The van der Waals surface area contributed by atoms with Gasteiger partial charge in [-0.05, 0) is 41.3 Å². The van der Waals surface area contributed by atoms with E-state index in [9.17, 15) is 5.11 Å². The van der Waals surface area contributed by atoms with Crippen LogP contribution in [0.25, 0.3) is 0 Å². The summed E-state index contributed by atoms with van der Waals surface area (Å²) in [5.41, 5.74) is 2.84. The van der Waals surface area contributed by atoms with E-state index in [-0.39, 0.29) is 0 Å². The SMILES string of the molecule is CCc1cnccc1C(O)c1ccc(OC)cc1. The molecule has 1 atom stereocenters. The fourth-order valence-corrected chi connectivity index (χ4v) is 1.97. The summed E-state index contributed by atoms with van der Waals surface area (Å²) in [6, 6.07) is 9.33. The summed E-state index contributed by atoms with van der Waals surface area (Å²) in [7, 11) is 1.63. The lowest BCUT2D eigenvalue weighted by molar-refractivity contribution is 0.219. The van der Waals surface area contributed by atoms with Gasteiger partial charge in [-0.1, -0.05) is 19.1 Å². The molecule has 0 saturated heterocycles. The Morgan fingerprint density at radius 3 is 2.56 bits per heavy atom. The van der Waals surface area contributed by atoms with E-state index in [0.29, 0.717) is 0 Å². The third-order valence-corrected chi connectivity index (χ3v) is 3.05. The molecule has 3 heteroatoms. The van der Waals surface area contributed by atoms with Crippen molar-refractivity contribution in [1.82, 2.24) is 4.98 Å². The fourth-order valence-electron chi connectivity index (χ4n) is 1.97. The normalized spacial score (nSPS) is 12.2. The molecule has 1 unspecified atom stereocenters. The van der Waals surface area contributed by atoms with Crippen LogP contribution in [0.2, 0.25) is 0 Å². The van der Waals surface area contributed by atoms with Crippen LogP contribution >= 0.6 is 0 Å². The van der Waals surface area contributed by atoms with Gasteiger partial charge in [0.2, 0.25) is 0 Å². The lowest BCUT2D eigenvalue weighted by Crippen LogP contribution is -2.03. The van der Waals surface area contributed by atoms with Crippen LogP contribution in [0.4, 0.5) is 0 Å². The number of methoxy groups -OCH3 is 1. The Hall–Kier alpha value is -1.87. The highest BCUT2D eigenvalue weighted by atomic mass is 16.5. The first kappa shape index (κ1) is 12.6. The van der Waals surface area contributed by atoms with Gasteiger partial charge in [-0.15, -0.1) is 0 Å². The molecule has 3 nitrogen and oxygen atoms in total. The second kappa shape index (κ2) is 5.65. The van der Waals surface area contributed by atoms with Crippen LogP contribution in [0.3, 0.4) is 0 Å². The Bertz CT molecular complexity index is 508. The minimum atomic E-state index is -0.617. The number of nitrogens with zero attached hydrogens (tertiary/aromatic N) is 1. The first-order valence-corrected chi connectivity index (χ1v) is 6.01. The quantitative estimate of drug-likeness (QED) is 0.897. The molecule has 0 aliphatic rings. The minimum Gasteiger partial charge on any atom is -0.497 e. The van der Waals surface area contributed by atoms with Crippen LogP contribution in [0.15, 0.2) is 42.7 Å². The van der Waals surface area contributed by atoms with Crippen molar-refractivity contribution in [2.24, 2.45) is 0 Å². The predicted octanol–water partition coefficient (Wildman–Crippen LogP) is 2.73. The van der Waals surface area contributed by atoms with Crippen molar-refractivity contribution in [2.45, 2.75) is 19.4 Å². The maximum absolute atomic E-state index is 10.4. The van der Waals surface area contributed by atoms with Crippen LogP contribution in [0.5, 0.6) is 5.75 Å². The number of hydrogen-bond acceptors (Lipinski definition) is 3. The van der Waals surface area contributed by atoms with Gasteiger partial charge < -0.3 is 9.84 Å². The standard InChI is InChI=1S/C15H17NO2/c1-3-11-10-16-9-8-14(11)15(17)12-4-6-13(18-2)7-5-12/h4-10,15,17H,3H2,1-2H3. The monoisotopic (exact) mass is 243 g/mol. The molecule has 18 heavy (non-hydrogen) atoms. The van der Waals surface area contributed by atoms with E-state index < -0.39 is 6.10 Å². The number of rotatable bonds is 4. The second-order valence-corrected chi connectivity index (χ2v) is 4.10. The number of aliphatic hydroxyl groups is 1. The van der Waals surface area contributed by atoms with Crippen LogP contribution < -0.4 is 4.74 Å². The number of benzene rings is 1. The summed E-state index contributed by atoms with van der Waals surface area (Å²) in [5, 5.41) is 10.4. The highest BCUT2D eigenvalue weighted by Crippen LogP contribution is 2.26. The van der Waals surface area contributed by atoms with Crippen molar-refractivity contribution < 1.29 is 9.84 Å². The van der Waals surface area contributed by atoms with Crippen molar-refractivity contribution in [3.8, 4) is 5.75 Å². The lowest BCUT2D eigenvalue weighted by atomic mass is 9.97. The van der Waals surface area contributed by atoms with Crippen molar-refractivity contribution in [3.05, 3.63) is 59.4 Å². The van der Waals surface area contributed by atoms with Gasteiger partial charge in [0.1, 0.15) is 11.9 Å². The number of aryl methyl sites for hydroxylation is 1.